The summed E-state index contributed by atoms with van der Waals surface area (Å²) in [6.07, 6.45) is 3.33. The van der Waals surface area contributed by atoms with Crippen LogP contribution >= 0.6 is 0 Å². The van der Waals surface area contributed by atoms with Crippen LogP contribution in [0.1, 0.15) is 15.9 Å². The molecule has 0 saturated carbocycles. The lowest BCUT2D eigenvalue weighted by Gasteiger charge is -2.34. The van der Waals surface area contributed by atoms with Gasteiger partial charge in [0.25, 0.3) is 5.91 Å². The van der Waals surface area contributed by atoms with Crippen molar-refractivity contribution in [2.24, 2.45) is 7.05 Å². The van der Waals surface area contributed by atoms with Gasteiger partial charge in [0.1, 0.15) is 5.82 Å². The van der Waals surface area contributed by atoms with E-state index >= 15 is 0 Å². The average molecular weight is 341 g/mol. The first-order valence-corrected chi connectivity index (χ1v) is 8.37. The second-order valence-corrected chi connectivity index (χ2v) is 6.33. The van der Waals surface area contributed by atoms with Gasteiger partial charge in [0.2, 0.25) is 5.56 Å². The van der Waals surface area contributed by atoms with Gasteiger partial charge in [-0.3, -0.25) is 9.59 Å². The van der Waals surface area contributed by atoms with Crippen LogP contribution in [0, 0.1) is 0 Å². The number of piperazine rings is 1. The summed E-state index contributed by atoms with van der Waals surface area (Å²) in [7, 11) is 3.75. The second kappa shape index (κ2) is 7.48. The van der Waals surface area contributed by atoms with E-state index in [2.05, 4.69) is 27.1 Å². The summed E-state index contributed by atoms with van der Waals surface area (Å²) in [4.78, 5) is 32.8. The fourth-order valence-corrected chi connectivity index (χ4v) is 2.88. The SMILES string of the molecule is CN1CCN(c2ncccc2CNC(=O)c2ccc(=O)n(C)c2)CC1. The van der Waals surface area contributed by atoms with Gasteiger partial charge < -0.3 is 19.7 Å². The fourth-order valence-electron chi connectivity index (χ4n) is 2.88. The Kier molecular flexibility index (Phi) is 5.14. The van der Waals surface area contributed by atoms with Crippen LogP contribution in [0.4, 0.5) is 5.82 Å². The zero-order valence-corrected chi connectivity index (χ0v) is 14.6. The molecular weight excluding hydrogens is 318 g/mol. The van der Waals surface area contributed by atoms with Gasteiger partial charge in [-0.2, -0.15) is 0 Å². The van der Waals surface area contributed by atoms with E-state index in [1.165, 1.54) is 10.6 Å². The number of carbonyl (C=O) groups excluding carboxylic acids is 1. The summed E-state index contributed by atoms with van der Waals surface area (Å²) in [6, 6.07) is 6.81. The number of aromatic nitrogens is 2. The molecule has 0 aliphatic carbocycles. The summed E-state index contributed by atoms with van der Waals surface area (Å²) in [5.41, 5.74) is 1.32. The van der Waals surface area contributed by atoms with E-state index in [9.17, 15) is 9.59 Å². The van der Waals surface area contributed by atoms with E-state index in [0.29, 0.717) is 12.1 Å². The minimum Gasteiger partial charge on any atom is -0.354 e. The predicted molar refractivity (Wildman–Crippen MR) is 96.8 cm³/mol. The maximum Gasteiger partial charge on any atom is 0.253 e. The van der Waals surface area contributed by atoms with E-state index in [1.807, 2.05) is 12.1 Å². The Morgan fingerprint density at radius 1 is 1.16 bits per heavy atom. The third-order valence-corrected chi connectivity index (χ3v) is 4.46. The van der Waals surface area contributed by atoms with Crippen LogP contribution in [-0.2, 0) is 13.6 Å². The van der Waals surface area contributed by atoms with Crippen molar-refractivity contribution >= 4 is 11.7 Å². The maximum atomic E-state index is 12.3. The summed E-state index contributed by atoms with van der Waals surface area (Å²) < 4.78 is 1.40. The molecule has 2 aromatic rings. The van der Waals surface area contributed by atoms with Crippen molar-refractivity contribution in [3.63, 3.8) is 0 Å². The molecular formula is C18H23N5O2. The standard InChI is InChI=1S/C18H23N5O2/c1-21-8-10-23(11-9-21)17-14(4-3-7-19-17)12-20-18(25)15-5-6-16(24)22(2)13-15/h3-7,13H,8-12H2,1-2H3,(H,20,25). The van der Waals surface area contributed by atoms with E-state index < -0.39 is 0 Å². The number of carbonyl (C=O) groups is 1. The minimum absolute atomic E-state index is 0.138. The highest BCUT2D eigenvalue weighted by molar-refractivity contribution is 5.93. The number of aryl methyl sites for hydroxylation is 1. The maximum absolute atomic E-state index is 12.3. The highest BCUT2D eigenvalue weighted by atomic mass is 16.2. The number of pyridine rings is 2. The van der Waals surface area contributed by atoms with Crippen LogP contribution in [0.25, 0.3) is 0 Å². The van der Waals surface area contributed by atoms with Gasteiger partial charge in [-0.05, 0) is 19.2 Å². The van der Waals surface area contributed by atoms with Gasteiger partial charge in [0.05, 0.1) is 5.56 Å². The molecule has 1 aliphatic rings. The fraction of sp³-hybridized carbons (Fsp3) is 0.389. The van der Waals surface area contributed by atoms with Gasteiger partial charge in [-0.25, -0.2) is 4.98 Å². The molecule has 1 N–H and O–H groups in total. The molecule has 1 fully saturated rings. The molecule has 1 amide bonds. The van der Waals surface area contributed by atoms with Crippen LogP contribution in [0.15, 0.2) is 41.5 Å². The molecule has 0 aromatic carbocycles. The Bertz CT molecular complexity index is 809. The van der Waals surface area contributed by atoms with Gasteiger partial charge in [0.15, 0.2) is 0 Å². The number of rotatable bonds is 4. The molecule has 132 valence electrons. The molecule has 1 saturated heterocycles. The lowest BCUT2D eigenvalue weighted by atomic mass is 10.2. The van der Waals surface area contributed by atoms with Crippen LogP contribution in [0.5, 0.6) is 0 Å². The number of hydrogen-bond donors (Lipinski definition) is 1. The van der Waals surface area contributed by atoms with Crippen molar-refractivity contribution in [3.8, 4) is 0 Å². The summed E-state index contributed by atoms with van der Waals surface area (Å²) in [5, 5.41) is 2.92. The van der Waals surface area contributed by atoms with Crippen molar-refractivity contribution < 1.29 is 4.79 Å². The van der Waals surface area contributed by atoms with Gasteiger partial charge in [0, 0.05) is 63.8 Å². The van der Waals surface area contributed by atoms with Crippen LogP contribution in [0.2, 0.25) is 0 Å². The average Bonchev–Trinajstić information content (AvgIpc) is 2.63. The van der Waals surface area contributed by atoms with Crippen molar-refractivity contribution in [3.05, 3.63) is 58.1 Å². The predicted octanol–water partition coefficient (Wildman–Crippen LogP) is 0.462. The summed E-state index contributed by atoms with van der Waals surface area (Å²) >= 11 is 0. The molecule has 1 aliphatic heterocycles. The van der Waals surface area contributed by atoms with Gasteiger partial charge in [-0.1, -0.05) is 6.07 Å². The number of amides is 1. The van der Waals surface area contributed by atoms with E-state index in [1.54, 1.807) is 25.5 Å². The Balaban J connectivity index is 1.70. The summed E-state index contributed by atoms with van der Waals surface area (Å²) in [6.45, 7) is 4.25. The third kappa shape index (κ3) is 4.06. The van der Waals surface area contributed by atoms with E-state index in [4.69, 9.17) is 0 Å². The first-order valence-electron chi connectivity index (χ1n) is 8.37. The first-order chi connectivity index (χ1) is 12.0. The zero-order chi connectivity index (χ0) is 17.8. The number of likely N-dealkylation sites (N-methyl/N-ethyl adjacent to an activating group) is 1. The van der Waals surface area contributed by atoms with Crippen LogP contribution < -0.4 is 15.8 Å². The Morgan fingerprint density at radius 2 is 1.92 bits per heavy atom. The topological polar surface area (TPSA) is 70.5 Å². The molecule has 7 nitrogen and oxygen atoms in total. The molecule has 3 heterocycles. The van der Waals surface area contributed by atoms with E-state index in [-0.39, 0.29) is 11.5 Å². The number of hydrogen-bond acceptors (Lipinski definition) is 5. The van der Waals surface area contributed by atoms with Crippen molar-refractivity contribution in [2.75, 3.05) is 38.1 Å². The highest BCUT2D eigenvalue weighted by Crippen LogP contribution is 2.18. The smallest absolute Gasteiger partial charge is 0.253 e. The van der Waals surface area contributed by atoms with Crippen molar-refractivity contribution in [1.29, 1.82) is 0 Å². The van der Waals surface area contributed by atoms with Gasteiger partial charge >= 0.3 is 0 Å². The quantitative estimate of drug-likeness (QED) is 0.875. The first kappa shape index (κ1) is 17.2. The second-order valence-electron chi connectivity index (χ2n) is 6.33. The molecule has 7 heteroatoms. The highest BCUT2D eigenvalue weighted by Gasteiger charge is 2.18. The van der Waals surface area contributed by atoms with Crippen LogP contribution in [0.3, 0.4) is 0 Å². The summed E-state index contributed by atoms with van der Waals surface area (Å²) in [5.74, 6) is 0.722. The van der Waals surface area contributed by atoms with Crippen molar-refractivity contribution in [1.82, 2.24) is 19.8 Å². The molecule has 2 aromatic heterocycles. The van der Waals surface area contributed by atoms with E-state index in [0.717, 1.165) is 37.6 Å². The van der Waals surface area contributed by atoms with Crippen LogP contribution in [-0.4, -0.2) is 53.6 Å². The monoisotopic (exact) mass is 341 g/mol. The molecule has 0 spiro atoms. The normalized spacial score (nSPS) is 15.2. The zero-order valence-electron chi connectivity index (χ0n) is 14.6. The number of nitrogens with one attached hydrogen (secondary N) is 1. The Labute approximate surface area is 146 Å². The largest absolute Gasteiger partial charge is 0.354 e. The van der Waals surface area contributed by atoms with Crippen molar-refractivity contribution in [2.45, 2.75) is 6.54 Å². The van der Waals surface area contributed by atoms with Gasteiger partial charge in [-0.15, -0.1) is 0 Å². The molecule has 0 unspecified atom stereocenters. The minimum atomic E-state index is -0.205. The number of nitrogens with zero attached hydrogens (tertiary/aromatic N) is 4. The Hall–Kier alpha value is -2.67. The molecule has 0 radical (unpaired) electrons. The Morgan fingerprint density at radius 3 is 2.64 bits per heavy atom. The molecule has 0 atom stereocenters. The molecule has 3 rings (SSSR count). The third-order valence-electron chi connectivity index (χ3n) is 4.46. The lowest BCUT2D eigenvalue weighted by molar-refractivity contribution is 0.0950. The molecule has 25 heavy (non-hydrogen) atoms. The molecule has 0 bridgehead atoms. The number of anilines is 1. The lowest BCUT2D eigenvalue weighted by Crippen LogP contribution is -2.45.